The van der Waals surface area contributed by atoms with E-state index in [1.54, 1.807) is 31.2 Å². The highest BCUT2D eigenvalue weighted by Gasteiger charge is 2.18. The summed E-state index contributed by atoms with van der Waals surface area (Å²) in [6.07, 6.45) is 0. The first kappa shape index (κ1) is 12.8. The van der Waals surface area contributed by atoms with Crippen molar-refractivity contribution in [2.24, 2.45) is 0 Å². The van der Waals surface area contributed by atoms with Gasteiger partial charge in [-0.05, 0) is 43.7 Å². The molecule has 2 N–H and O–H groups in total. The van der Waals surface area contributed by atoms with E-state index in [9.17, 15) is 10.1 Å². The Morgan fingerprint density at radius 3 is 2.63 bits per heavy atom. The summed E-state index contributed by atoms with van der Waals surface area (Å²) in [6, 6.07) is 8.02. The fourth-order valence-electron chi connectivity index (χ4n) is 1.63. The van der Waals surface area contributed by atoms with E-state index in [1.807, 2.05) is 6.92 Å². The maximum atomic E-state index is 10.9. The monoisotopic (exact) mass is 259 g/mol. The maximum Gasteiger partial charge on any atom is 0.331 e. The van der Waals surface area contributed by atoms with Crippen LogP contribution in [0.3, 0.4) is 0 Å². The number of ether oxygens (including phenoxy) is 1. The second kappa shape index (κ2) is 4.93. The molecule has 0 unspecified atom stereocenters. The Morgan fingerprint density at radius 1 is 1.26 bits per heavy atom. The van der Waals surface area contributed by atoms with Crippen LogP contribution >= 0.6 is 0 Å². The molecule has 0 aliphatic heterocycles. The van der Waals surface area contributed by atoms with Crippen LogP contribution in [-0.2, 0) is 0 Å². The minimum atomic E-state index is -0.519. The topological polar surface area (TPSA) is 91.3 Å². The number of benzene rings is 1. The number of aromatic nitrogens is 1. The lowest BCUT2D eigenvalue weighted by molar-refractivity contribution is -0.386. The molecule has 0 fully saturated rings. The molecule has 1 heterocycles. The van der Waals surface area contributed by atoms with Crippen molar-refractivity contribution in [1.29, 1.82) is 0 Å². The van der Waals surface area contributed by atoms with Crippen molar-refractivity contribution in [1.82, 2.24) is 4.98 Å². The Hall–Kier alpha value is -2.63. The van der Waals surface area contributed by atoms with E-state index < -0.39 is 4.92 Å². The van der Waals surface area contributed by atoms with Crippen molar-refractivity contribution in [3.05, 3.63) is 51.7 Å². The molecule has 1 aromatic carbocycles. The molecule has 6 nitrogen and oxygen atoms in total. The Balaban J connectivity index is 2.42. The van der Waals surface area contributed by atoms with Crippen molar-refractivity contribution in [3.63, 3.8) is 0 Å². The van der Waals surface area contributed by atoms with Gasteiger partial charge in [0.15, 0.2) is 0 Å². The number of anilines is 1. The summed E-state index contributed by atoms with van der Waals surface area (Å²) < 4.78 is 5.53. The van der Waals surface area contributed by atoms with Crippen molar-refractivity contribution >= 4 is 11.4 Å². The van der Waals surface area contributed by atoms with Gasteiger partial charge < -0.3 is 10.5 Å². The first-order valence-corrected chi connectivity index (χ1v) is 5.63. The molecule has 98 valence electrons. The fraction of sp³-hybridized carbons (Fsp3) is 0.154. The number of hydrogen-bond acceptors (Lipinski definition) is 5. The van der Waals surface area contributed by atoms with Crippen LogP contribution < -0.4 is 10.5 Å². The number of nitrogens with zero attached hydrogens (tertiary/aromatic N) is 2. The predicted molar refractivity (Wildman–Crippen MR) is 71.3 cm³/mol. The molecule has 1 aromatic heterocycles. The third-order valence-corrected chi connectivity index (χ3v) is 2.58. The van der Waals surface area contributed by atoms with E-state index in [1.165, 1.54) is 6.07 Å². The molecule has 0 amide bonds. The quantitative estimate of drug-likeness (QED) is 0.519. The van der Waals surface area contributed by atoms with Crippen LogP contribution in [0.4, 0.5) is 11.4 Å². The van der Waals surface area contributed by atoms with Crippen LogP contribution in [0.15, 0.2) is 30.3 Å². The molecule has 0 bridgehead atoms. The number of rotatable bonds is 3. The summed E-state index contributed by atoms with van der Waals surface area (Å²) in [4.78, 5) is 14.5. The molecule has 0 saturated carbocycles. The SMILES string of the molecule is Cc1ccc([N+](=O)[O-])c(Oc2ccc(N)cc2C)n1. The van der Waals surface area contributed by atoms with Gasteiger partial charge in [-0.1, -0.05) is 0 Å². The molecule has 19 heavy (non-hydrogen) atoms. The van der Waals surface area contributed by atoms with E-state index in [0.29, 0.717) is 17.1 Å². The summed E-state index contributed by atoms with van der Waals surface area (Å²) in [5, 5.41) is 10.9. The van der Waals surface area contributed by atoms with Gasteiger partial charge in [0, 0.05) is 17.4 Å². The zero-order valence-electron chi connectivity index (χ0n) is 10.6. The summed E-state index contributed by atoms with van der Waals surface area (Å²) in [5.41, 5.74) is 7.52. The molecule has 2 rings (SSSR count). The van der Waals surface area contributed by atoms with Gasteiger partial charge in [0.2, 0.25) is 0 Å². The number of aryl methyl sites for hydroxylation is 2. The third-order valence-electron chi connectivity index (χ3n) is 2.58. The summed E-state index contributed by atoms with van der Waals surface area (Å²) in [7, 11) is 0. The van der Waals surface area contributed by atoms with Crippen LogP contribution in [0.5, 0.6) is 11.6 Å². The smallest absolute Gasteiger partial charge is 0.331 e. The number of nitrogen functional groups attached to an aromatic ring is 1. The van der Waals surface area contributed by atoms with Crippen molar-refractivity contribution in [2.45, 2.75) is 13.8 Å². The van der Waals surface area contributed by atoms with Crippen molar-refractivity contribution in [2.75, 3.05) is 5.73 Å². The van der Waals surface area contributed by atoms with Gasteiger partial charge in [-0.2, -0.15) is 0 Å². The number of nitro groups is 1. The molecule has 0 radical (unpaired) electrons. The molecule has 0 aliphatic carbocycles. The first-order chi connectivity index (χ1) is 8.97. The molecular weight excluding hydrogens is 246 g/mol. The standard InChI is InChI=1S/C13H13N3O3/c1-8-7-10(14)4-6-12(8)19-13-11(16(17)18)5-3-9(2)15-13/h3-7H,14H2,1-2H3. The highest BCUT2D eigenvalue weighted by Crippen LogP contribution is 2.31. The zero-order valence-corrected chi connectivity index (χ0v) is 10.6. The van der Waals surface area contributed by atoms with Gasteiger partial charge in [0.05, 0.1) is 4.92 Å². The molecule has 0 saturated heterocycles. The lowest BCUT2D eigenvalue weighted by Crippen LogP contribution is -1.98. The summed E-state index contributed by atoms with van der Waals surface area (Å²) in [6.45, 7) is 3.56. The van der Waals surface area contributed by atoms with Crippen LogP contribution in [0, 0.1) is 24.0 Å². The predicted octanol–water partition coefficient (Wildman–Crippen LogP) is 2.98. The Labute approximate surface area is 110 Å². The highest BCUT2D eigenvalue weighted by molar-refractivity contribution is 5.50. The van der Waals surface area contributed by atoms with Gasteiger partial charge in [-0.15, -0.1) is 0 Å². The Morgan fingerprint density at radius 2 is 2.00 bits per heavy atom. The van der Waals surface area contributed by atoms with E-state index >= 15 is 0 Å². The molecular formula is C13H13N3O3. The zero-order chi connectivity index (χ0) is 14.0. The number of nitrogens with two attached hydrogens (primary N) is 1. The Kier molecular flexibility index (Phi) is 3.33. The maximum absolute atomic E-state index is 10.9. The van der Waals surface area contributed by atoms with E-state index in [4.69, 9.17) is 10.5 Å². The molecule has 0 atom stereocenters. The molecule has 0 aliphatic rings. The van der Waals surface area contributed by atoms with Gasteiger partial charge in [-0.25, -0.2) is 4.98 Å². The number of pyridine rings is 1. The van der Waals surface area contributed by atoms with Crippen LogP contribution in [0.1, 0.15) is 11.3 Å². The Bertz CT molecular complexity index is 641. The average molecular weight is 259 g/mol. The van der Waals surface area contributed by atoms with Crippen LogP contribution in [0.25, 0.3) is 0 Å². The lowest BCUT2D eigenvalue weighted by atomic mass is 10.2. The van der Waals surface area contributed by atoms with Gasteiger partial charge in [0.1, 0.15) is 5.75 Å². The van der Waals surface area contributed by atoms with Gasteiger partial charge >= 0.3 is 5.69 Å². The first-order valence-electron chi connectivity index (χ1n) is 5.63. The lowest BCUT2D eigenvalue weighted by Gasteiger charge is -2.09. The second-order valence-corrected chi connectivity index (χ2v) is 4.16. The van der Waals surface area contributed by atoms with E-state index in [-0.39, 0.29) is 11.6 Å². The average Bonchev–Trinajstić information content (AvgIpc) is 2.32. The van der Waals surface area contributed by atoms with Crippen LogP contribution in [-0.4, -0.2) is 9.91 Å². The largest absolute Gasteiger partial charge is 0.433 e. The van der Waals surface area contributed by atoms with Crippen molar-refractivity contribution in [3.8, 4) is 11.6 Å². The molecule has 2 aromatic rings. The third kappa shape index (κ3) is 2.79. The van der Waals surface area contributed by atoms with Crippen molar-refractivity contribution < 1.29 is 9.66 Å². The molecule has 6 heteroatoms. The van der Waals surface area contributed by atoms with Crippen LogP contribution in [0.2, 0.25) is 0 Å². The van der Waals surface area contributed by atoms with Gasteiger partial charge in [0.25, 0.3) is 5.88 Å². The summed E-state index contributed by atoms with van der Waals surface area (Å²) >= 11 is 0. The van der Waals surface area contributed by atoms with E-state index in [0.717, 1.165) is 5.56 Å². The minimum Gasteiger partial charge on any atom is -0.433 e. The summed E-state index contributed by atoms with van der Waals surface area (Å²) in [5.74, 6) is 0.480. The fourth-order valence-corrected chi connectivity index (χ4v) is 1.63. The normalized spacial score (nSPS) is 10.2. The minimum absolute atomic E-state index is 0.0159. The van der Waals surface area contributed by atoms with Gasteiger partial charge in [-0.3, -0.25) is 10.1 Å². The van der Waals surface area contributed by atoms with E-state index in [2.05, 4.69) is 4.98 Å². The number of hydrogen-bond donors (Lipinski definition) is 1. The molecule has 0 spiro atoms. The second-order valence-electron chi connectivity index (χ2n) is 4.16. The highest BCUT2D eigenvalue weighted by atomic mass is 16.6.